The number of rotatable bonds is 4. The van der Waals surface area contributed by atoms with Gasteiger partial charge < -0.3 is 4.90 Å². The number of piperidine rings is 1. The SMILES string of the molecule is Cc1cnc(CC(C)c2ccc3ccccc3c2)cc1N1CCCCC1.Cl. The monoisotopic (exact) mass is 380 g/mol. The van der Waals surface area contributed by atoms with Crippen LogP contribution in [0.1, 0.15) is 48.9 Å². The fraction of sp³-hybridized carbons (Fsp3) is 0.375. The zero-order valence-electron chi connectivity index (χ0n) is 16.3. The van der Waals surface area contributed by atoms with Crippen molar-refractivity contribution in [2.24, 2.45) is 0 Å². The fourth-order valence-corrected chi connectivity index (χ4v) is 4.09. The van der Waals surface area contributed by atoms with E-state index in [1.165, 1.54) is 65.6 Å². The summed E-state index contributed by atoms with van der Waals surface area (Å²) in [5, 5.41) is 2.63. The third kappa shape index (κ3) is 4.44. The van der Waals surface area contributed by atoms with Gasteiger partial charge in [0.1, 0.15) is 0 Å². The van der Waals surface area contributed by atoms with Crippen LogP contribution in [-0.2, 0) is 6.42 Å². The number of aryl methyl sites for hydroxylation is 1. The van der Waals surface area contributed by atoms with E-state index >= 15 is 0 Å². The molecule has 0 spiro atoms. The molecule has 1 aliphatic rings. The van der Waals surface area contributed by atoms with E-state index in [0.717, 1.165) is 6.42 Å². The maximum absolute atomic E-state index is 4.73. The topological polar surface area (TPSA) is 16.1 Å². The summed E-state index contributed by atoms with van der Waals surface area (Å²) in [5.74, 6) is 0.462. The van der Waals surface area contributed by atoms with E-state index < -0.39 is 0 Å². The Labute approximate surface area is 169 Å². The van der Waals surface area contributed by atoms with E-state index in [1.807, 2.05) is 0 Å². The van der Waals surface area contributed by atoms with Gasteiger partial charge in [-0.05, 0) is 66.5 Å². The lowest BCUT2D eigenvalue weighted by atomic mass is 9.93. The molecule has 1 unspecified atom stereocenters. The highest BCUT2D eigenvalue weighted by molar-refractivity contribution is 5.85. The van der Waals surface area contributed by atoms with Gasteiger partial charge in [0, 0.05) is 30.7 Å². The van der Waals surface area contributed by atoms with Crippen molar-refractivity contribution in [2.75, 3.05) is 18.0 Å². The van der Waals surface area contributed by atoms with E-state index in [2.05, 4.69) is 73.5 Å². The van der Waals surface area contributed by atoms with Crippen LogP contribution in [-0.4, -0.2) is 18.1 Å². The molecule has 0 saturated carbocycles. The Bertz CT molecular complexity index is 900. The highest BCUT2D eigenvalue weighted by Crippen LogP contribution is 2.28. The van der Waals surface area contributed by atoms with Gasteiger partial charge in [0.25, 0.3) is 0 Å². The first-order valence-corrected chi connectivity index (χ1v) is 9.90. The Balaban J connectivity index is 0.00000210. The number of anilines is 1. The molecule has 2 heterocycles. The number of aromatic nitrogens is 1. The Hall–Kier alpha value is -2.06. The lowest BCUT2D eigenvalue weighted by Gasteiger charge is -2.30. The van der Waals surface area contributed by atoms with Gasteiger partial charge in [0.15, 0.2) is 0 Å². The maximum Gasteiger partial charge on any atom is 0.0430 e. The van der Waals surface area contributed by atoms with Crippen LogP contribution in [0.3, 0.4) is 0 Å². The summed E-state index contributed by atoms with van der Waals surface area (Å²) in [6.07, 6.45) is 7.04. The van der Waals surface area contributed by atoms with Crippen LogP contribution in [0.2, 0.25) is 0 Å². The van der Waals surface area contributed by atoms with E-state index in [1.54, 1.807) is 0 Å². The second-order valence-corrected chi connectivity index (χ2v) is 7.72. The molecule has 4 rings (SSSR count). The Morgan fingerprint density at radius 3 is 2.48 bits per heavy atom. The minimum absolute atomic E-state index is 0. The number of nitrogens with zero attached hydrogens (tertiary/aromatic N) is 2. The normalized spacial score (nSPS) is 15.4. The average Bonchev–Trinajstić information content (AvgIpc) is 2.69. The highest BCUT2D eigenvalue weighted by Gasteiger charge is 2.15. The van der Waals surface area contributed by atoms with Crippen molar-refractivity contribution in [3.8, 4) is 0 Å². The van der Waals surface area contributed by atoms with Crippen LogP contribution in [0.25, 0.3) is 10.8 Å². The summed E-state index contributed by atoms with van der Waals surface area (Å²) in [4.78, 5) is 7.28. The van der Waals surface area contributed by atoms with Gasteiger partial charge >= 0.3 is 0 Å². The smallest absolute Gasteiger partial charge is 0.0430 e. The van der Waals surface area contributed by atoms with Crippen LogP contribution >= 0.6 is 12.4 Å². The zero-order chi connectivity index (χ0) is 17.9. The van der Waals surface area contributed by atoms with E-state index in [9.17, 15) is 0 Å². The van der Waals surface area contributed by atoms with Crippen molar-refractivity contribution in [3.63, 3.8) is 0 Å². The van der Waals surface area contributed by atoms with E-state index in [0.29, 0.717) is 5.92 Å². The largest absolute Gasteiger partial charge is 0.371 e. The molecule has 1 saturated heterocycles. The first-order chi connectivity index (χ1) is 12.7. The molecule has 2 nitrogen and oxygen atoms in total. The van der Waals surface area contributed by atoms with Gasteiger partial charge in [-0.1, -0.05) is 49.4 Å². The van der Waals surface area contributed by atoms with Crippen molar-refractivity contribution in [3.05, 3.63) is 71.5 Å². The summed E-state index contributed by atoms with van der Waals surface area (Å²) in [5.41, 5.74) is 5.29. The highest BCUT2D eigenvalue weighted by atomic mass is 35.5. The van der Waals surface area contributed by atoms with Crippen LogP contribution < -0.4 is 4.90 Å². The van der Waals surface area contributed by atoms with Crippen LogP contribution in [0, 0.1) is 6.92 Å². The van der Waals surface area contributed by atoms with Crippen molar-refractivity contribution in [2.45, 2.75) is 45.4 Å². The molecule has 3 aromatic rings. The number of hydrogen-bond acceptors (Lipinski definition) is 2. The van der Waals surface area contributed by atoms with Crippen molar-refractivity contribution >= 4 is 28.9 Å². The van der Waals surface area contributed by atoms with Crippen molar-refractivity contribution < 1.29 is 0 Å². The molecule has 1 fully saturated rings. The molecule has 1 atom stereocenters. The van der Waals surface area contributed by atoms with Gasteiger partial charge in [-0.25, -0.2) is 0 Å². The van der Waals surface area contributed by atoms with Gasteiger partial charge in [0.2, 0.25) is 0 Å². The Kier molecular flexibility index (Phi) is 6.38. The second-order valence-electron chi connectivity index (χ2n) is 7.72. The third-order valence-corrected chi connectivity index (χ3v) is 5.69. The van der Waals surface area contributed by atoms with Crippen molar-refractivity contribution in [1.29, 1.82) is 0 Å². The molecule has 0 bridgehead atoms. The molecule has 0 aliphatic carbocycles. The number of benzene rings is 2. The standard InChI is InChI=1S/C24H28N2.ClH/c1-18(21-11-10-20-8-4-5-9-22(20)15-21)14-23-16-24(19(2)17-25-23)26-12-6-3-7-13-26;/h4-5,8-11,15-18H,3,6-7,12-14H2,1-2H3;1H. The molecular formula is C24H29ClN2. The van der Waals surface area contributed by atoms with Gasteiger partial charge in [0.05, 0.1) is 0 Å². The zero-order valence-corrected chi connectivity index (χ0v) is 17.1. The third-order valence-electron chi connectivity index (χ3n) is 5.69. The summed E-state index contributed by atoms with van der Waals surface area (Å²) < 4.78 is 0. The molecule has 3 heteroatoms. The predicted octanol–water partition coefficient (Wildman–Crippen LogP) is 6.30. The first kappa shape index (κ1) is 19.7. The number of hydrogen-bond donors (Lipinski definition) is 0. The minimum atomic E-state index is 0. The molecule has 0 amide bonds. The lowest BCUT2D eigenvalue weighted by molar-refractivity contribution is 0.576. The molecule has 142 valence electrons. The quantitative estimate of drug-likeness (QED) is 0.527. The summed E-state index contributed by atoms with van der Waals surface area (Å²) in [7, 11) is 0. The summed E-state index contributed by atoms with van der Waals surface area (Å²) in [6.45, 7) is 6.87. The van der Waals surface area contributed by atoms with Gasteiger partial charge in [-0.15, -0.1) is 12.4 Å². The van der Waals surface area contributed by atoms with Gasteiger partial charge in [-0.3, -0.25) is 4.98 Å². The molecule has 2 aromatic carbocycles. The molecule has 1 aromatic heterocycles. The van der Waals surface area contributed by atoms with Crippen LogP contribution in [0.5, 0.6) is 0 Å². The molecule has 0 radical (unpaired) electrons. The van der Waals surface area contributed by atoms with Crippen LogP contribution in [0.4, 0.5) is 5.69 Å². The minimum Gasteiger partial charge on any atom is -0.371 e. The van der Waals surface area contributed by atoms with E-state index in [4.69, 9.17) is 4.98 Å². The number of fused-ring (bicyclic) bond motifs is 1. The first-order valence-electron chi connectivity index (χ1n) is 9.90. The second kappa shape index (κ2) is 8.75. The maximum atomic E-state index is 4.73. The Morgan fingerprint density at radius 1 is 0.963 bits per heavy atom. The molecule has 1 aliphatic heterocycles. The molecule has 27 heavy (non-hydrogen) atoms. The Morgan fingerprint density at radius 2 is 1.70 bits per heavy atom. The number of pyridine rings is 1. The summed E-state index contributed by atoms with van der Waals surface area (Å²) >= 11 is 0. The number of halogens is 1. The molecule has 0 N–H and O–H groups in total. The lowest BCUT2D eigenvalue weighted by Crippen LogP contribution is -2.30. The average molecular weight is 381 g/mol. The molecular weight excluding hydrogens is 352 g/mol. The predicted molar refractivity (Wildman–Crippen MR) is 118 cm³/mol. The summed E-state index contributed by atoms with van der Waals surface area (Å²) in [6, 6.07) is 17.8. The van der Waals surface area contributed by atoms with Crippen LogP contribution in [0.15, 0.2) is 54.7 Å². The fourth-order valence-electron chi connectivity index (χ4n) is 4.09. The van der Waals surface area contributed by atoms with Crippen molar-refractivity contribution in [1.82, 2.24) is 4.98 Å². The van der Waals surface area contributed by atoms with E-state index in [-0.39, 0.29) is 12.4 Å². The van der Waals surface area contributed by atoms with Gasteiger partial charge in [-0.2, -0.15) is 0 Å².